The van der Waals surface area contributed by atoms with E-state index < -0.39 is 0 Å². The molecule has 0 saturated heterocycles. The molecule has 0 unspecified atom stereocenters. The maximum absolute atomic E-state index is 9.03. The summed E-state index contributed by atoms with van der Waals surface area (Å²) in [5.74, 6) is 0. The molecule has 5 nitrogen and oxygen atoms in total. The summed E-state index contributed by atoms with van der Waals surface area (Å²) in [6.07, 6.45) is 4.86. The maximum Gasteiger partial charge on any atom is 0.214 e. The largest absolute Gasteiger partial charge is 0.392 e. The minimum atomic E-state index is 0.0742. The molecule has 1 N–H and O–H groups in total. The van der Waals surface area contributed by atoms with E-state index in [0.29, 0.717) is 6.04 Å². The van der Waals surface area contributed by atoms with Gasteiger partial charge in [-0.25, -0.2) is 4.68 Å². The fourth-order valence-electron chi connectivity index (χ4n) is 2.40. The van der Waals surface area contributed by atoms with E-state index in [9.17, 15) is 0 Å². The third kappa shape index (κ3) is 2.79. The highest BCUT2D eigenvalue weighted by Gasteiger charge is 2.21. The van der Waals surface area contributed by atoms with Crippen LogP contribution in [0.15, 0.2) is 34.3 Å². The fraction of sp³-hybridized carbons (Fsp3) is 0.462. The Morgan fingerprint density at radius 3 is 2.63 bits per heavy atom. The summed E-state index contributed by atoms with van der Waals surface area (Å²) in [6, 6.07) is 8.28. The molecule has 1 aliphatic rings. The van der Waals surface area contributed by atoms with Crippen LogP contribution in [0.3, 0.4) is 0 Å². The lowest BCUT2D eigenvalue weighted by Crippen LogP contribution is -2.08. The number of nitrogens with zero attached hydrogens (tertiary/aromatic N) is 4. The molecule has 3 rings (SSSR count). The number of aliphatic hydroxyl groups is 1. The smallest absolute Gasteiger partial charge is 0.214 e. The monoisotopic (exact) mass is 276 g/mol. The van der Waals surface area contributed by atoms with E-state index in [1.54, 1.807) is 11.8 Å². The third-order valence-corrected chi connectivity index (χ3v) is 4.41. The molecule has 0 aliphatic heterocycles. The van der Waals surface area contributed by atoms with Crippen molar-refractivity contribution in [2.45, 2.75) is 48.4 Å². The number of aromatic nitrogens is 4. The zero-order valence-corrected chi connectivity index (χ0v) is 11.4. The van der Waals surface area contributed by atoms with E-state index in [0.717, 1.165) is 15.6 Å². The van der Waals surface area contributed by atoms with Gasteiger partial charge in [0.15, 0.2) is 0 Å². The van der Waals surface area contributed by atoms with Gasteiger partial charge in [-0.05, 0) is 52.7 Å². The predicted molar refractivity (Wildman–Crippen MR) is 71.8 cm³/mol. The Kier molecular flexibility index (Phi) is 3.79. The van der Waals surface area contributed by atoms with E-state index in [-0.39, 0.29) is 6.61 Å². The Hall–Kier alpha value is -1.40. The summed E-state index contributed by atoms with van der Waals surface area (Å²) < 4.78 is 1.96. The highest BCUT2D eigenvalue weighted by molar-refractivity contribution is 7.99. The van der Waals surface area contributed by atoms with Crippen LogP contribution in [0.1, 0.15) is 37.3 Å². The average Bonchev–Trinajstić information content (AvgIpc) is 3.10. The van der Waals surface area contributed by atoms with E-state index in [1.165, 1.54) is 25.7 Å². The first-order valence-corrected chi connectivity index (χ1v) is 7.34. The molecular formula is C13H16N4OS. The van der Waals surface area contributed by atoms with Crippen molar-refractivity contribution in [3.05, 3.63) is 29.8 Å². The van der Waals surface area contributed by atoms with Gasteiger partial charge < -0.3 is 5.11 Å². The number of aliphatic hydroxyl groups excluding tert-OH is 1. The molecule has 1 aromatic heterocycles. The second-order valence-electron chi connectivity index (χ2n) is 4.75. The Bertz CT molecular complexity index is 534. The van der Waals surface area contributed by atoms with E-state index in [4.69, 9.17) is 5.11 Å². The summed E-state index contributed by atoms with van der Waals surface area (Å²) >= 11 is 1.57. The molecule has 1 fully saturated rings. The summed E-state index contributed by atoms with van der Waals surface area (Å²) in [4.78, 5) is 1.09. The van der Waals surface area contributed by atoms with Gasteiger partial charge in [-0.1, -0.05) is 25.0 Å². The standard InChI is InChI=1S/C13H16N4OS/c18-9-10-5-7-12(8-6-10)19-13-14-15-16-17(13)11-3-1-2-4-11/h5-8,11,18H,1-4,9H2. The van der Waals surface area contributed by atoms with Crippen LogP contribution in [-0.4, -0.2) is 25.3 Å². The van der Waals surface area contributed by atoms with Crippen LogP contribution in [0.5, 0.6) is 0 Å². The van der Waals surface area contributed by atoms with Crippen LogP contribution in [0.2, 0.25) is 0 Å². The molecule has 1 saturated carbocycles. The Morgan fingerprint density at radius 1 is 1.21 bits per heavy atom. The van der Waals surface area contributed by atoms with Crippen molar-refractivity contribution < 1.29 is 5.11 Å². The van der Waals surface area contributed by atoms with Gasteiger partial charge in [0.2, 0.25) is 5.16 Å². The van der Waals surface area contributed by atoms with Crippen molar-refractivity contribution in [2.75, 3.05) is 0 Å². The van der Waals surface area contributed by atoms with Gasteiger partial charge in [0, 0.05) is 4.90 Å². The molecule has 0 amide bonds. The molecule has 1 aromatic carbocycles. The van der Waals surface area contributed by atoms with Crippen molar-refractivity contribution in [1.82, 2.24) is 20.2 Å². The second kappa shape index (κ2) is 5.71. The first-order valence-electron chi connectivity index (χ1n) is 6.52. The van der Waals surface area contributed by atoms with Gasteiger partial charge in [-0.2, -0.15) is 0 Å². The van der Waals surface area contributed by atoms with E-state index in [1.807, 2.05) is 28.9 Å². The molecule has 0 spiro atoms. The van der Waals surface area contributed by atoms with Crippen molar-refractivity contribution in [2.24, 2.45) is 0 Å². The first-order chi connectivity index (χ1) is 9.36. The Labute approximate surface area is 116 Å². The van der Waals surface area contributed by atoms with E-state index in [2.05, 4.69) is 15.5 Å². The molecule has 19 heavy (non-hydrogen) atoms. The lowest BCUT2D eigenvalue weighted by atomic mass is 10.2. The quantitative estimate of drug-likeness (QED) is 0.929. The molecule has 0 atom stereocenters. The van der Waals surface area contributed by atoms with Gasteiger partial charge in [-0.3, -0.25) is 0 Å². The number of hydrogen-bond donors (Lipinski definition) is 1. The third-order valence-electron chi connectivity index (χ3n) is 3.45. The maximum atomic E-state index is 9.03. The zero-order chi connectivity index (χ0) is 13.1. The molecule has 100 valence electrons. The zero-order valence-electron chi connectivity index (χ0n) is 10.6. The van der Waals surface area contributed by atoms with Crippen molar-refractivity contribution in [3.63, 3.8) is 0 Å². The average molecular weight is 276 g/mol. The Balaban J connectivity index is 1.77. The molecular weight excluding hydrogens is 260 g/mol. The fourth-order valence-corrected chi connectivity index (χ4v) is 3.24. The minimum Gasteiger partial charge on any atom is -0.392 e. The topological polar surface area (TPSA) is 63.8 Å². The summed E-state index contributed by atoms with van der Waals surface area (Å²) in [7, 11) is 0. The lowest BCUT2D eigenvalue weighted by Gasteiger charge is -2.10. The molecule has 0 radical (unpaired) electrons. The van der Waals surface area contributed by atoms with Gasteiger partial charge >= 0.3 is 0 Å². The molecule has 1 aliphatic carbocycles. The van der Waals surface area contributed by atoms with Gasteiger partial charge in [-0.15, -0.1) is 5.10 Å². The van der Waals surface area contributed by atoms with Crippen molar-refractivity contribution in [3.8, 4) is 0 Å². The molecule has 0 bridgehead atoms. The van der Waals surface area contributed by atoms with Crippen LogP contribution in [0.25, 0.3) is 0 Å². The SMILES string of the molecule is OCc1ccc(Sc2nnnn2C2CCCC2)cc1. The number of hydrogen-bond acceptors (Lipinski definition) is 5. The molecule has 6 heteroatoms. The van der Waals surface area contributed by atoms with E-state index >= 15 is 0 Å². The van der Waals surface area contributed by atoms with Crippen molar-refractivity contribution >= 4 is 11.8 Å². The molecule has 1 heterocycles. The van der Waals surface area contributed by atoms with Crippen molar-refractivity contribution in [1.29, 1.82) is 0 Å². The predicted octanol–water partition coefficient (Wildman–Crippen LogP) is 2.43. The summed E-state index contributed by atoms with van der Waals surface area (Å²) in [6.45, 7) is 0.0742. The molecule has 2 aromatic rings. The highest BCUT2D eigenvalue weighted by atomic mass is 32.2. The summed E-state index contributed by atoms with van der Waals surface area (Å²) in [5.41, 5.74) is 0.916. The highest BCUT2D eigenvalue weighted by Crippen LogP contribution is 2.33. The van der Waals surface area contributed by atoms with Gasteiger partial charge in [0.1, 0.15) is 0 Å². The number of benzene rings is 1. The number of tetrazole rings is 1. The van der Waals surface area contributed by atoms with Crippen LogP contribution in [0, 0.1) is 0 Å². The minimum absolute atomic E-state index is 0.0742. The Morgan fingerprint density at radius 2 is 1.95 bits per heavy atom. The first kappa shape index (κ1) is 12.6. The lowest BCUT2D eigenvalue weighted by molar-refractivity contribution is 0.282. The number of rotatable bonds is 4. The van der Waals surface area contributed by atoms with Crippen LogP contribution in [-0.2, 0) is 6.61 Å². The van der Waals surface area contributed by atoms with Crippen LogP contribution < -0.4 is 0 Å². The van der Waals surface area contributed by atoms with Crippen LogP contribution in [0.4, 0.5) is 0 Å². The van der Waals surface area contributed by atoms with Gasteiger partial charge in [0.25, 0.3) is 0 Å². The van der Waals surface area contributed by atoms with Gasteiger partial charge in [0.05, 0.1) is 12.6 Å². The van der Waals surface area contributed by atoms with Crippen LogP contribution >= 0.6 is 11.8 Å². The second-order valence-corrected chi connectivity index (χ2v) is 5.79. The summed E-state index contributed by atoms with van der Waals surface area (Å²) in [5, 5.41) is 21.9. The normalized spacial score (nSPS) is 16.1.